The van der Waals surface area contributed by atoms with Gasteiger partial charge in [-0.05, 0) is 38.0 Å². The lowest BCUT2D eigenvalue weighted by atomic mass is 9.87. The van der Waals surface area contributed by atoms with Gasteiger partial charge in [-0.3, -0.25) is 4.79 Å². The zero-order chi connectivity index (χ0) is 15.5. The highest BCUT2D eigenvalue weighted by molar-refractivity contribution is 5.78. The van der Waals surface area contributed by atoms with Crippen LogP contribution in [0.1, 0.15) is 64.1 Å². The number of carboxylic acid groups (broad SMARTS) is 1. The Labute approximate surface area is 126 Å². The highest BCUT2D eigenvalue weighted by Crippen LogP contribution is 2.32. The van der Waals surface area contributed by atoms with Crippen molar-refractivity contribution in [1.82, 2.24) is 9.55 Å². The largest absolute Gasteiger partial charge is 0.480 e. The predicted molar refractivity (Wildman–Crippen MR) is 82.1 cm³/mol. The van der Waals surface area contributed by atoms with E-state index >= 15 is 0 Å². The third kappa shape index (κ3) is 3.84. The van der Waals surface area contributed by atoms with Crippen LogP contribution in [0.3, 0.4) is 0 Å². The van der Waals surface area contributed by atoms with Gasteiger partial charge in [-0.1, -0.05) is 20.3 Å². The number of aromatic nitrogens is 2. The molecule has 5 heteroatoms. The molecule has 1 unspecified atom stereocenters. The Kier molecular flexibility index (Phi) is 5.04. The van der Waals surface area contributed by atoms with Crippen molar-refractivity contribution in [2.45, 2.75) is 70.4 Å². The summed E-state index contributed by atoms with van der Waals surface area (Å²) in [4.78, 5) is 15.8. The Morgan fingerprint density at radius 1 is 1.48 bits per heavy atom. The Bertz CT molecular complexity index is 478. The molecule has 0 bridgehead atoms. The van der Waals surface area contributed by atoms with Crippen molar-refractivity contribution < 1.29 is 9.90 Å². The van der Waals surface area contributed by atoms with Gasteiger partial charge in [-0.15, -0.1) is 0 Å². The number of nitrogens with zero attached hydrogens (tertiary/aromatic N) is 2. The summed E-state index contributed by atoms with van der Waals surface area (Å²) in [5.41, 5.74) is 5.63. The van der Waals surface area contributed by atoms with E-state index in [4.69, 9.17) is 5.73 Å². The van der Waals surface area contributed by atoms with Gasteiger partial charge < -0.3 is 15.4 Å². The molecule has 0 spiro atoms. The van der Waals surface area contributed by atoms with E-state index in [-0.39, 0.29) is 0 Å². The summed E-state index contributed by atoms with van der Waals surface area (Å²) in [6.07, 6.45) is 10.2. The molecule has 0 aromatic carbocycles. The van der Waals surface area contributed by atoms with Gasteiger partial charge in [-0.2, -0.15) is 0 Å². The summed E-state index contributed by atoms with van der Waals surface area (Å²) in [6, 6.07) is 0.505. The molecule has 0 aliphatic heterocycles. The third-order valence-electron chi connectivity index (χ3n) is 4.68. The molecule has 1 saturated carbocycles. The molecule has 1 fully saturated rings. The number of hydrogen-bond donors (Lipinski definition) is 2. The highest BCUT2D eigenvalue weighted by Gasteiger charge is 2.34. The summed E-state index contributed by atoms with van der Waals surface area (Å²) in [7, 11) is 0. The molecule has 1 aliphatic rings. The van der Waals surface area contributed by atoms with Crippen LogP contribution in [0.2, 0.25) is 0 Å². The first-order valence-electron chi connectivity index (χ1n) is 7.99. The minimum atomic E-state index is -1.20. The highest BCUT2D eigenvalue weighted by atomic mass is 16.4. The van der Waals surface area contributed by atoms with Crippen molar-refractivity contribution in [3.8, 4) is 0 Å². The van der Waals surface area contributed by atoms with E-state index in [1.54, 1.807) is 0 Å². The molecule has 2 rings (SSSR count). The Balaban J connectivity index is 2.04. The van der Waals surface area contributed by atoms with Crippen LogP contribution in [0, 0.1) is 5.92 Å². The van der Waals surface area contributed by atoms with Crippen LogP contribution in [-0.4, -0.2) is 26.2 Å². The quantitative estimate of drug-likeness (QED) is 0.845. The number of carbonyl (C=O) groups is 1. The average molecular weight is 293 g/mol. The smallest absolute Gasteiger partial charge is 0.324 e. The maximum atomic E-state index is 11.4. The van der Waals surface area contributed by atoms with Crippen LogP contribution < -0.4 is 5.73 Å². The number of imidazole rings is 1. The second kappa shape index (κ2) is 6.60. The average Bonchev–Trinajstić information content (AvgIpc) is 2.88. The molecule has 3 N–H and O–H groups in total. The summed E-state index contributed by atoms with van der Waals surface area (Å²) in [6.45, 7) is 4.25. The Morgan fingerprint density at radius 3 is 2.71 bits per heavy atom. The van der Waals surface area contributed by atoms with Crippen molar-refractivity contribution in [3.63, 3.8) is 0 Å². The van der Waals surface area contributed by atoms with Gasteiger partial charge in [0.2, 0.25) is 0 Å². The number of rotatable bonds is 6. The van der Waals surface area contributed by atoms with Crippen molar-refractivity contribution in [2.75, 3.05) is 0 Å². The zero-order valence-electron chi connectivity index (χ0n) is 13.1. The molecule has 1 aromatic rings. The monoisotopic (exact) mass is 293 g/mol. The molecule has 0 radical (unpaired) electrons. The topological polar surface area (TPSA) is 81.1 Å². The normalized spacial score (nSPS) is 25.5. The first-order chi connectivity index (χ1) is 9.94. The number of nitrogens with two attached hydrogens (primary N) is 1. The van der Waals surface area contributed by atoms with Crippen LogP contribution in [0.25, 0.3) is 0 Å². The molecule has 1 aromatic heterocycles. The minimum absolute atomic E-state index is 0.298. The SMILES string of the molecule is CCCC(N)(Cc1cn(C2CCC(C)CC2)cn1)C(=O)O. The second-order valence-corrected chi connectivity index (χ2v) is 6.61. The maximum absolute atomic E-state index is 11.4. The van der Waals surface area contributed by atoms with Crippen LogP contribution >= 0.6 is 0 Å². The molecule has 0 saturated heterocycles. The van der Waals surface area contributed by atoms with E-state index in [9.17, 15) is 9.90 Å². The molecule has 0 amide bonds. The summed E-state index contributed by atoms with van der Waals surface area (Å²) in [5, 5.41) is 9.35. The van der Waals surface area contributed by atoms with E-state index in [1.165, 1.54) is 25.7 Å². The zero-order valence-corrected chi connectivity index (χ0v) is 13.1. The van der Waals surface area contributed by atoms with Crippen LogP contribution in [0.15, 0.2) is 12.5 Å². The van der Waals surface area contributed by atoms with Crippen LogP contribution in [0.4, 0.5) is 0 Å². The van der Waals surface area contributed by atoms with Crippen molar-refractivity contribution in [2.24, 2.45) is 11.7 Å². The first-order valence-corrected chi connectivity index (χ1v) is 7.99. The van der Waals surface area contributed by atoms with Gasteiger partial charge in [0, 0.05) is 18.7 Å². The van der Waals surface area contributed by atoms with Gasteiger partial charge in [0.05, 0.1) is 12.0 Å². The lowest BCUT2D eigenvalue weighted by Crippen LogP contribution is -2.49. The summed E-state index contributed by atoms with van der Waals surface area (Å²) >= 11 is 0. The molecule has 21 heavy (non-hydrogen) atoms. The molecular formula is C16H27N3O2. The number of aliphatic carboxylic acids is 1. The Hall–Kier alpha value is -1.36. The fourth-order valence-corrected chi connectivity index (χ4v) is 3.25. The fraction of sp³-hybridized carbons (Fsp3) is 0.750. The van der Waals surface area contributed by atoms with Crippen LogP contribution in [0.5, 0.6) is 0 Å². The maximum Gasteiger partial charge on any atom is 0.324 e. The molecular weight excluding hydrogens is 266 g/mol. The van der Waals surface area contributed by atoms with Gasteiger partial charge in [0.25, 0.3) is 0 Å². The van der Waals surface area contributed by atoms with E-state index in [0.29, 0.717) is 18.9 Å². The van der Waals surface area contributed by atoms with E-state index in [2.05, 4.69) is 16.5 Å². The second-order valence-electron chi connectivity index (χ2n) is 6.61. The molecule has 1 atom stereocenters. The van der Waals surface area contributed by atoms with Gasteiger partial charge in [0.15, 0.2) is 0 Å². The standard InChI is InChI=1S/C16H27N3O2/c1-3-8-16(17,15(20)21)9-13-10-19(11-18-13)14-6-4-12(2)5-7-14/h10-12,14H,3-9,17H2,1-2H3,(H,20,21). The van der Waals surface area contributed by atoms with Crippen molar-refractivity contribution in [3.05, 3.63) is 18.2 Å². The minimum Gasteiger partial charge on any atom is -0.480 e. The van der Waals surface area contributed by atoms with Gasteiger partial charge in [-0.25, -0.2) is 4.98 Å². The summed E-state index contributed by atoms with van der Waals surface area (Å²) < 4.78 is 2.15. The lowest BCUT2D eigenvalue weighted by molar-refractivity contribution is -0.143. The molecule has 1 heterocycles. The third-order valence-corrected chi connectivity index (χ3v) is 4.68. The van der Waals surface area contributed by atoms with E-state index < -0.39 is 11.5 Å². The molecule has 1 aliphatic carbocycles. The van der Waals surface area contributed by atoms with Crippen LogP contribution in [-0.2, 0) is 11.2 Å². The number of carboxylic acids is 1. The predicted octanol–water partition coefficient (Wildman–Crippen LogP) is 2.76. The fourth-order valence-electron chi connectivity index (χ4n) is 3.25. The number of hydrogen-bond acceptors (Lipinski definition) is 3. The Morgan fingerprint density at radius 2 is 2.14 bits per heavy atom. The van der Waals surface area contributed by atoms with Crippen molar-refractivity contribution >= 4 is 5.97 Å². The molecule has 118 valence electrons. The van der Waals surface area contributed by atoms with E-state index in [0.717, 1.165) is 18.0 Å². The molecule has 5 nitrogen and oxygen atoms in total. The van der Waals surface area contributed by atoms with E-state index in [1.807, 2.05) is 19.4 Å². The first kappa shape index (κ1) is 16.0. The lowest BCUT2D eigenvalue weighted by Gasteiger charge is -2.27. The van der Waals surface area contributed by atoms with Crippen molar-refractivity contribution in [1.29, 1.82) is 0 Å². The van der Waals surface area contributed by atoms with Gasteiger partial charge in [0.1, 0.15) is 5.54 Å². The summed E-state index contributed by atoms with van der Waals surface area (Å²) in [5.74, 6) is -0.122. The van der Waals surface area contributed by atoms with Gasteiger partial charge >= 0.3 is 5.97 Å².